The highest BCUT2D eigenvalue weighted by Gasteiger charge is 2.00. The van der Waals surface area contributed by atoms with E-state index >= 15 is 0 Å². The fourth-order valence-electron chi connectivity index (χ4n) is 1.99. The van der Waals surface area contributed by atoms with Crippen LogP contribution in [0.3, 0.4) is 0 Å². The fourth-order valence-corrected chi connectivity index (χ4v) is 1.99. The number of ether oxygens (including phenoxy) is 1. The highest BCUT2D eigenvalue weighted by Crippen LogP contribution is 2.13. The number of benzene rings is 1. The molecule has 0 saturated carbocycles. The normalized spacial score (nSPS) is 10.5. The molecule has 5 heteroatoms. The first-order chi connectivity index (χ1) is 10.3. The van der Waals surface area contributed by atoms with E-state index in [1.165, 1.54) is 0 Å². The van der Waals surface area contributed by atoms with Crippen LogP contribution in [0.15, 0.2) is 48.8 Å². The molecule has 0 atom stereocenters. The van der Waals surface area contributed by atoms with Crippen molar-refractivity contribution < 1.29 is 4.74 Å². The molecule has 0 aliphatic carbocycles. The number of hydrogen-bond donors (Lipinski definition) is 1. The van der Waals surface area contributed by atoms with Gasteiger partial charge in [-0.2, -0.15) is 0 Å². The summed E-state index contributed by atoms with van der Waals surface area (Å²) in [5, 5.41) is 3.27. The van der Waals surface area contributed by atoms with Crippen molar-refractivity contribution in [2.75, 3.05) is 11.9 Å². The van der Waals surface area contributed by atoms with Crippen molar-refractivity contribution in [2.45, 2.75) is 13.5 Å². The molecule has 21 heavy (non-hydrogen) atoms. The zero-order valence-corrected chi connectivity index (χ0v) is 11.8. The van der Waals surface area contributed by atoms with E-state index in [9.17, 15) is 0 Å². The first-order valence-electron chi connectivity index (χ1n) is 6.88. The summed E-state index contributed by atoms with van der Waals surface area (Å²) in [7, 11) is 0. The molecule has 2 heterocycles. The van der Waals surface area contributed by atoms with Gasteiger partial charge in [-0.05, 0) is 25.1 Å². The van der Waals surface area contributed by atoms with E-state index in [0.29, 0.717) is 19.0 Å². The van der Waals surface area contributed by atoms with E-state index in [0.717, 1.165) is 22.4 Å². The molecule has 3 aromatic rings. The Bertz CT molecular complexity index is 728. The Labute approximate surface area is 123 Å². The predicted molar refractivity (Wildman–Crippen MR) is 82.3 cm³/mol. The minimum atomic E-state index is 0.605. The molecule has 106 valence electrons. The van der Waals surface area contributed by atoms with Gasteiger partial charge in [0.25, 0.3) is 0 Å². The molecule has 1 N–H and O–H groups in total. The molecule has 0 saturated heterocycles. The molecule has 0 aliphatic heterocycles. The number of fused-ring (bicyclic) bond motifs is 1. The van der Waals surface area contributed by atoms with E-state index in [-0.39, 0.29) is 0 Å². The van der Waals surface area contributed by atoms with Crippen LogP contribution >= 0.6 is 0 Å². The van der Waals surface area contributed by atoms with Gasteiger partial charge in [0.1, 0.15) is 0 Å². The van der Waals surface area contributed by atoms with Crippen LogP contribution in [0.1, 0.15) is 12.6 Å². The molecular formula is C16H16N4O. The Morgan fingerprint density at radius 2 is 1.86 bits per heavy atom. The summed E-state index contributed by atoms with van der Waals surface area (Å²) in [6.45, 7) is 3.16. The standard InChI is InChI=1S/C16H16N4O/c1-2-21-16-8-7-12(9-19-16)17-10-13-11-18-14-5-3-4-6-15(14)20-13/h3-9,11,17H,2,10H2,1H3. The van der Waals surface area contributed by atoms with Gasteiger partial charge in [0.2, 0.25) is 5.88 Å². The van der Waals surface area contributed by atoms with Crippen LogP contribution in [0.5, 0.6) is 5.88 Å². The summed E-state index contributed by atoms with van der Waals surface area (Å²) >= 11 is 0. The number of hydrogen-bond acceptors (Lipinski definition) is 5. The number of anilines is 1. The molecule has 0 fully saturated rings. The maximum atomic E-state index is 5.31. The van der Waals surface area contributed by atoms with Crippen molar-refractivity contribution in [2.24, 2.45) is 0 Å². The number of rotatable bonds is 5. The molecule has 3 rings (SSSR count). The SMILES string of the molecule is CCOc1ccc(NCc2cnc3ccccc3n2)cn1. The Morgan fingerprint density at radius 1 is 1.00 bits per heavy atom. The quantitative estimate of drug-likeness (QED) is 0.778. The van der Waals surface area contributed by atoms with Crippen LogP contribution in [-0.2, 0) is 6.54 Å². The molecule has 0 spiro atoms. The summed E-state index contributed by atoms with van der Waals surface area (Å²) in [6.07, 6.45) is 3.54. The number of pyridine rings is 1. The lowest BCUT2D eigenvalue weighted by Crippen LogP contribution is -2.03. The Morgan fingerprint density at radius 3 is 2.62 bits per heavy atom. The zero-order valence-electron chi connectivity index (χ0n) is 11.8. The Balaban J connectivity index is 1.68. The fraction of sp³-hybridized carbons (Fsp3) is 0.188. The second-order valence-corrected chi connectivity index (χ2v) is 4.52. The molecule has 2 aromatic heterocycles. The van der Waals surface area contributed by atoms with Crippen molar-refractivity contribution in [3.63, 3.8) is 0 Å². The van der Waals surface area contributed by atoms with Gasteiger partial charge < -0.3 is 10.1 Å². The third-order valence-electron chi connectivity index (χ3n) is 3.00. The lowest BCUT2D eigenvalue weighted by atomic mass is 10.3. The number of aromatic nitrogens is 3. The van der Waals surface area contributed by atoms with E-state index in [2.05, 4.69) is 20.3 Å². The minimum Gasteiger partial charge on any atom is -0.478 e. The molecular weight excluding hydrogens is 264 g/mol. The second kappa shape index (κ2) is 6.17. The third kappa shape index (κ3) is 3.25. The first-order valence-corrected chi connectivity index (χ1v) is 6.88. The van der Waals surface area contributed by atoms with Crippen LogP contribution in [-0.4, -0.2) is 21.6 Å². The molecule has 1 aromatic carbocycles. The summed E-state index contributed by atoms with van der Waals surface area (Å²) in [5.41, 5.74) is 3.63. The number of nitrogens with one attached hydrogen (secondary N) is 1. The molecule has 5 nitrogen and oxygen atoms in total. The summed E-state index contributed by atoms with van der Waals surface area (Å²) in [4.78, 5) is 13.2. The monoisotopic (exact) mass is 280 g/mol. The topological polar surface area (TPSA) is 59.9 Å². The van der Waals surface area contributed by atoms with Crippen LogP contribution in [0, 0.1) is 0 Å². The van der Waals surface area contributed by atoms with Crippen molar-refractivity contribution in [3.05, 3.63) is 54.5 Å². The van der Waals surface area contributed by atoms with Crippen molar-refractivity contribution in [1.82, 2.24) is 15.0 Å². The maximum Gasteiger partial charge on any atom is 0.213 e. The smallest absolute Gasteiger partial charge is 0.213 e. The van der Waals surface area contributed by atoms with Crippen molar-refractivity contribution in [1.29, 1.82) is 0 Å². The molecule has 0 aliphatic rings. The van der Waals surface area contributed by atoms with E-state index in [4.69, 9.17) is 4.74 Å². The number of para-hydroxylation sites is 2. The predicted octanol–water partition coefficient (Wildman–Crippen LogP) is 3.04. The van der Waals surface area contributed by atoms with Crippen LogP contribution in [0.25, 0.3) is 11.0 Å². The average Bonchev–Trinajstić information content (AvgIpc) is 2.54. The second-order valence-electron chi connectivity index (χ2n) is 4.52. The lowest BCUT2D eigenvalue weighted by molar-refractivity contribution is 0.327. The third-order valence-corrected chi connectivity index (χ3v) is 3.00. The van der Waals surface area contributed by atoms with Crippen LogP contribution in [0.4, 0.5) is 5.69 Å². The van der Waals surface area contributed by atoms with E-state index in [1.807, 2.05) is 43.3 Å². The van der Waals surface area contributed by atoms with Gasteiger partial charge in [-0.15, -0.1) is 0 Å². The summed E-state index contributed by atoms with van der Waals surface area (Å²) in [6, 6.07) is 11.6. The van der Waals surface area contributed by atoms with Crippen molar-refractivity contribution >= 4 is 16.7 Å². The van der Waals surface area contributed by atoms with Gasteiger partial charge >= 0.3 is 0 Å². The van der Waals surface area contributed by atoms with Gasteiger partial charge in [-0.3, -0.25) is 4.98 Å². The lowest BCUT2D eigenvalue weighted by Gasteiger charge is -2.07. The van der Waals surface area contributed by atoms with Crippen LogP contribution < -0.4 is 10.1 Å². The maximum absolute atomic E-state index is 5.31. The summed E-state index contributed by atoms with van der Waals surface area (Å²) in [5.74, 6) is 0.633. The van der Waals surface area contributed by atoms with Gasteiger partial charge in [0.05, 0.1) is 48.0 Å². The zero-order chi connectivity index (χ0) is 14.5. The van der Waals surface area contributed by atoms with E-state index in [1.54, 1.807) is 12.4 Å². The van der Waals surface area contributed by atoms with Gasteiger partial charge in [0, 0.05) is 6.07 Å². The Hall–Kier alpha value is -2.69. The van der Waals surface area contributed by atoms with Gasteiger partial charge in [-0.1, -0.05) is 12.1 Å². The van der Waals surface area contributed by atoms with Crippen LogP contribution in [0.2, 0.25) is 0 Å². The number of nitrogens with zero attached hydrogens (tertiary/aromatic N) is 3. The molecule has 0 radical (unpaired) electrons. The average molecular weight is 280 g/mol. The Kier molecular flexibility index (Phi) is 3.91. The van der Waals surface area contributed by atoms with Gasteiger partial charge in [0.15, 0.2) is 0 Å². The highest BCUT2D eigenvalue weighted by molar-refractivity contribution is 5.73. The molecule has 0 unspecified atom stereocenters. The molecule has 0 amide bonds. The largest absolute Gasteiger partial charge is 0.478 e. The van der Waals surface area contributed by atoms with Crippen molar-refractivity contribution in [3.8, 4) is 5.88 Å². The highest BCUT2D eigenvalue weighted by atomic mass is 16.5. The minimum absolute atomic E-state index is 0.605. The van der Waals surface area contributed by atoms with E-state index < -0.39 is 0 Å². The molecule has 0 bridgehead atoms. The summed E-state index contributed by atoms with van der Waals surface area (Å²) < 4.78 is 5.31. The first kappa shape index (κ1) is 13.3. The van der Waals surface area contributed by atoms with Gasteiger partial charge in [-0.25, -0.2) is 9.97 Å².